The molecule has 0 spiro atoms. The first-order valence-corrected chi connectivity index (χ1v) is 11.2. The molecule has 0 aliphatic carbocycles. The van der Waals surface area contributed by atoms with E-state index in [-0.39, 0.29) is 0 Å². The molecular weight excluding hydrogens is 368 g/mol. The molecule has 0 amide bonds. The van der Waals surface area contributed by atoms with Crippen LogP contribution in [0.2, 0.25) is 0 Å². The summed E-state index contributed by atoms with van der Waals surface area (Å²) in [5, 5.41) is 2.32. The Balaban J connectivity index is 1.55. The minimum absolute atomic E-state index is 0.346. The number of nitrogens with zero attached hydrogens (tertiary/aromatic N) is 2. The van der Waals surface area contributed by atoms with E-state index in [2.05, 4.69) is 23.2 Å². The molecule has 1 heterocycles. The van der Waals surface area contributed by atoms with E-state index >= 15 is 0 Å². The van der Waals surface area contributed by atoms with Crippen molar-refractivity contribution in [2.75, 3.05) is 13.1 Å². The van der Waals surface area contributed by atoms with Gasteiger partial charge in [0.05, 0.1) is 10.6 Å². The first kappa shape index (κ1) is 18.8. The third-order valence-electron chi connectivity index (χ3n) is 5.22. The highest BCUT2D eigenvalue weighted by atomic mass is 32.2. The molecular formula is C23H24N2O2S. The topological polar surface area (TPSA) is 49.7 Å². The Labute approximate surface area is 166 Å². The fourth-order valence-corrected chi connectivity index (χ4v) is 5.16. The SMILES string of the molecule is O=S(=O)(c1ccc(N=Cc2cccc3ccccc23)cc1)N1CCCCCC1. The Bertz CT molecular complexity index is 1080. The summed E-state index contributed by atoms with van der Waals surface area (Å²) in [6.07, 6.45) is 5.92. The molecule has 0 aromatic heterocycles. The van der Waals surface area contributed by atoms with Crippen LogP contribution in [0.4, 0.5) is 5.69 Å². The zero-order chi connectivity index (χ0) is 19.4. The van der Waals surface area contributed by atoms with Gasteiger partial charge in [0.25, 0.3) is 0 Å². The van der Waals surface area contributed by atoms with Crippen molar-refractivity contribution in [2.45, 2.75) is 30.6 Å². The van der Waals surface area contributed by atoms with E-state index in [1.807, 2.05) is 30.5 Å². The molecule has 0 unspecified atom stereocenters. The van der Waals surface area contributed by atoms with Crippen molar-refractivity contribution in [3.8, 4) is 0 Å². The summed E-state index contributed by atoms with van der Waals surface area (Å²) >= 11 is 0. The van der Waals surface area contributed by atoms with Gasteiger partial charge in [-0.1, -0.05) is 55.3 Å². The third kappa shape index (κ3) is 4.01. The molecule has 1 saturated heterocycles. The molecule has 28 heavy (non-hydrogen) atoms. The molecule has 4 nitrogen and oxygen atoms in total. The van der Waals surface area contributed by atoms with Crippen LogP contribution in [0.25, 0.3) is 10.8 Å². The monoisotopic (exact) mass is 392 g/mol. The lowest BCUT2D eigenvalue weighted by molar-refractivity contribution is 0.424. The molecule has 0 N–H and O–H groups in total. The normalized spacial score (nSPS) is 16.4. The van der Waals surface area contributed by atoms with E-state index in [0.29, 0.717) is 18.0 Å². The summed E-state index contributed by atoms with van der Waals surface area (Å²) in [6.45, 7) is 1.23. The molecule has 4 rings (SSSR count). The van der Waals surface area contributed by atoms with Gasteiger partial charge in [0.2, 0.25) is 10.0 Å². The van der Waals surface area contributed by atoms with E-state index in [1.54, 1.807) is 28.6 Å². The quantitative estimate of drug-likeness (QED) is 0.576. The number of aliphatic imine (C=N–C) groups is 1. The van der Waals surface area contributed by atoms with E-state index in [4.69, 9.17) is 0 Å². The van der Waals surface area contributed by atoms with Crippen LogP contribution in [0.15, 0.2) is 76.6 Å². The van der Waals surface area contributed by atoms with Crippen molar-refractivity contribution in [1.82, 2.24) is 4.31 Å². The number of sulfonamides is 1. The van der Waals surface area contributed by atoms with Crippen LogP contribution in [0, 0.1) is 0 Å². The van der Waals surface area contributed by atoms with Crippen LogP contribution in [0.1, 0.15) is 31.2 Å². The maximum absolute atomic E-state index is 12.9. The zero-order valence-corrected chi connectivity index (χ0v) is 16.6. The van der Waals surface area contributed by atoms with Gasteiger partial charge in [-0.25, -0.2) is 8.42 Å². The van der Waals surface area contributed by atoms with E-state index in [9.17, 15) is 8.42 Å². The zero-order valence-electron chi connectivity index (χ0n) is 15.8. The Morgan fingerprint density at radius 3 is 2.21 bits per heavy atom. The summed E-state index contributed by atoms with van der Waals surface area (Å²) in [4.78, 5) is 4.89. The Morgan fingerprint density at radius 2 is 1.46 bits per heavy atom. The van der Waals surface area contributed by atoms with Gasteiger partial charge in [-0.15, -0.1) is 0 Å². The second kappa shape index (κ2) is 8.25. The minimum Gasteiger partial charge on any atom is -0.256 e. The second-order valence-corrected chi connectivity index (χ2v) is 9.08. The van der Waals surface area contributed by atoms with Crippen molar-refractivity contribution in [3.05, 3.63) is 72.3 Å². The van der Waals surface area contributed by atoms with Crippen LogP contribution in [-0.2, 0) is 10.0 Å². The highest BCUT2D eigenvalue weighted by Gasteiger charge is 2.24. The molecule has 1 aliphatic rings. The van der Waals surface area contributed by atoms with Crippen LogP contribution >= 0.6 is 0 Å². The van der Waals surface area contributed by atoms with Crippen LogP contribution in [0.5, 0.6) is 0 Å². The largest absolute Gasteiger partial charge is 0.256 e. The van der Waals surface area contributed by atoms with Gasteiger partial charge in [-0.3, -0.25) is 4.99 Å². The number of fused-ring (bicyclic) bond motifs is 1. The lowest BCUT2D eigenvalue weighted by Crippen LogP contribution is -2.31. The lowest BCUT2D eigenvalue weighted by Gasteiger charge is -2.19. The average molecular weight is 393 g/mol. The van der Waals surface area contributed by atoms with Crippen molar-refractivity contribution in [1.29, 1.82) is 0 Å². The van der Waals surface area contributed by atoms with Crippen molar-refractivity contribution in [3.63, 3.8) is 0 Å². The highest BCUT2D eigenvalue weighted by molar-refractivity contribution is 7.89. The molecule has 1 fully saturated rings. The summed E-state index contributed by atoms with van der Waals surface area (Å²) in [5.41, 5.74) is 1.78. The van der Waals surface area contributed by atoms with Gasteiger partial charge in [-0.05, 0) is 47.9 Å². The minimum atomic E-state index is -3.42. The standard InChI is InChI=1S/C23H24N2O2S/c26-28(27,25-16-5-1-2-6-17-25)22-14-12-21(13-15-22)24-18-20-10-7-9-19-8-3-4-11-23(19)20/h3-4,7-15,18H,1-2,5-6,16-17H2. The summed E-state index contributed by atoms with van der Waals surface area (Å²) in [6, 6.07) is 21.2. The van der Waals surface area contributed by atoms with Crippen LogP contribution in [-0.4, -0.2) is 32.0 Å². The summed E-state index contributed by atoms with van der Waals surface area (Å²) in [7, 11) is -3.42. The Hall–Kier alpha value is -2.50. The molecule has 0 saturated carbocycles. The Morgan fingerprint density at radius 1 is 0.786 bits per heavy atom. The fraction of sp³-hybridized carbons (Fsp3) is 0.261. The average Bonchev–Trinajstić information content (AvgIpc) is 3.03. The third-order valence-corrected chi connectivity index (χ3v) is 7.13. The molecule has 0 bridgehead atoms. The maximum atomic E-state index is 12.9. The maximum Gasteiger partial charge on any atom is 0.243 e. The van der Waals surface area contributed by atoms with E-state index in [1.165, 1.54) is 5.39 Å². The summed E-state index contributed by atoms with van der Waals surface area (Å²) in [5.74, 6) is 0. The smallest absolute Gasteiger partial charge is 0.243 e. The Kier molecular flexibility index (Phi) is 5.55. The first-order chi connectivity index (χ1) is 13.6. The molecule has 5 heteroatoms. The summed E-state index contributed by atoms with van der Waals surface area (Å²) < 4.78 is 27.3. The van der Waals surface area contributed by atoms with Gasteiger partial charge in [0.1, 0.15) is 0 Å². The van der Waals surface area contributed by atoms with Gasteiger partial charge in [0, 0.05) is 24.9 Å². The molecule has 1 aliphatic heterocycles. The van der Waals surface area contributed by atoms with E-state index < -0.39 is 10.0 Å². The lowest BCUT2D eigenvalue weighted by atomic mass is 10.1. The molecule has 0 radical (unpaired) electrons. The molecule has 3 aromatic rings. The molecule has 144 valence electrons. The van der Waals surface area contributed by atoms with Gasteiger partial charge >= 0.3 is 0 Å². The number of hydrogen-bond acceptors (Lipinski definition) is 3. The first-order valence-electron chi connectivity index (χ1n) is 9.77. The predicted molar refractivity (Wildman–Crippen MR) is 115 cm³/mol. The van der Waals surface area contributed by atoms with Crippen molar-refractivity contribution in [2.24, 2.45) is 4.99 Å². The number of hydrogen-bond donors (Lipinski definition) is 0. The van der Waals surface area contributed by atoms with Crippen molar-refractivity contribution >= 4 is 32.7 Å². The highest BCUT2D eigenvalue weighted by Crippen LogP contribution is 2.23. The van der Waals surface area contributed by atoms with Crippen LogP contribution in [0.3, 0.4) is 0 Å². The second-order valence-electron chi connectivity index (χ2n) is 7.14. The van der Waals surface area contributed by atoms with Gasteiger partial charge in [-0.2, -0.15) is 4.31 Å². The van der Waals surface area contributed by atoms with Crippen molar-refractivity contribution < 1.29 is 8.42 Å². The molecule has 3 aromatic carbocycles. The fourth-order valence-electron chi connectivity index (χ4n) is 3.64. The van der Waals surface area contributed by atoms with Gasteiger partial charge < -0.3 is 0 Å². The van der Waals surface area contributed by atoms with Crippen LogP contribution < -0.4 is 0 Å². The van der Waals surface area contributed by atoms with Gasteiger partial charge in [0.15, 0.2) is 0 Å². The molecule has 0 atom stereocenters. The van der Waals surface area contributed by atoms with E-state index in [0.717, 1.165) is 42.3 Å². The number of rotatable bonds is 4. The number of benzene rings is 3. The predicted octanol–water partition coefficient (Wildman–Crippen LogP) is 5.16.